The van der Waals surface area contributed by atoms with Gasteiger partial charge >= 0.3 is 11.9 Å². The highest BCUT2D eigenvalue weighted by molar-refractivity contribution is 5.84. The fourth-order valence-corrected chi connectivity index (χ4v) is 6.34. The molecule has 0 heterocycles. The molecule has 0 amide bonds. The number of aliphatic carboxylic acids is 2. The molecule has 0 aromatic carbocycles. The summed E-state index contributed by atoms with van der Waals surface area (Å²) in [6, 6.07) is 0. The van der Waals surface area contributed by atoms with E-state index in [1.807, 2.05) is 0 Å². The number of unbranched alkanes of at least 4 members (excludes halogenated alkanes) is 2. The van der Waals surface area contributed by atoms with Crippen molar-refractivity contribution in [3.8, 4) is 0 Å². The molecule has 2 N–H and O–H groups in total. The monoisotopic (exact) mass is 520 g/mol. The summed E-state index contributed by atoms with van der Waals surface area (Å²) < 4.78 is 0. The third kappa shape index (κ3) is 9.83. The van der Waals surface area contributed by atoms with E-state index < -0.39 is 22.8 Å². The molecule has 2 saturated carbocycles. The average molecular weight is 521 g/mol. The van der Waals surface area contributed by atoms with Gasteiger partial charge < -0.3 is 10.2 Å². The first kappa shape index (κ1) is 31.5. The van der Waals surface area contributed by atoms with E-state index in [2.05, 4.69) is 0 Å². The van der Waals surface area contributed by atoms with Crippen molar-refractivity contribution in [1.29, 1.82) is 0 Å². The number of hydrogen-bond acceptors (Lipinski definition) is 4. The molecule has 0 saturated heterocycles. The van der Waals surface area contributed by atoms with Gasteiger partial charge in [-0.3, -0.25) is 19.2 Å². The highest BCUT2D eigenvalue weighted by Gasteiger charge is 2.34. The lowest BCUT2D eigenvalue weighted by Crippen LogP contribution is -2.30. The van der Waals surface area contributed by atoms with Crippen LogP contribution in [0.25, 0.3) is 0 Å². The van der Waals surface area contributed by atoms with Crippen LogP contribution in [-0.2, 0) is 19.2 Å². The molecule has 4 atom stereocenters. The van der Waals surface area contributed by atoms with Gasteiger partial charge in [-0.15, -0.1) is 0 Å². The van der Waals surface area contributed by atoms with Crippen LogP contribution in [0.3, 0.4) is 0 Å². The van der Waals surface area contributed by atoms with Crippen LogP contribution < -0.4 is 0 Å². The van der Waals surface area contributed by atoms with E-state index in [-0.39, 0.29) is 23.7 Å². The van der Waals surface area contributed by atoms with Gasteiger partial charge in [-0.25, -0.2) is 0 Å². The van der Waals surface area contributed by atoms with E-state index in [9.17, 15) is 29.4 Å². The quantitative estimate of drug-likeness (QED) is 0.204. The smallest absolute Gasteiger partial charge is 0.309 e. The minimum Gasteiger partial charge on any atom is -0.481 e. The number of carbonyl (C=O) groups excluding carboxylic acids is 2. The Hall–Kier alpha value is -1.72. The van der Waals surface area contributed by atoms with Gasteiger partial charge in [0.2, 0.25) is 0 Å². The fourth-order valence-electron chi connectivity index (χ4n) is 6.34. The second kappa shape index (κ2) is 14.4. The van der Waals surface area contributed by atoms with Crippen molar-refractivity contribution < 1.29 is 29.4 Å². The zero-order valence-corrected chi connectivity index (χ0v) is 23.9. The fraction of sp³-hybridized carbons (Fsp3) is 0.871. The van der Waals surface area contributed by atoms with Gasteiger partial charge in [0.05, 0.1) is 10.8 Å². The number of carboxylic acid groups (broad SMARTS) is 2. The van der Waals surface area contributed by atoms with Crippen molar-refractivity contribution in [1.82, 2.24) is 0 Å². The lowest BCUT2D eigenvalue weighted by Gasteiger charge is -2.30. The van der Waals surface area contributed by atoms with Gasteiger partial charge in [0.25, 0.3) is 0 Å². The summed E-state index contributed by atoms with van der Waals surface area (Å²) in [5.41, 5.74) is -1.40. The predicted octanol–water partition coefficient (Wildman–Crippen LogP) is 7.47. The summed E-state index contributed by atoms with van der Waals surface area (Å²) in [5, 5.41) is 18.5. The summed E-state index contributed by atoms with van der Waals surface area (Å²) in [4.78, 5) is 48.7. The molecule has 0 spiro atoms. The van der Waals surface area contributed by atoms with Gasteiger partial charge in [0.15, 0.2) is 0 Å². The van der Waals surface area contributed by atoms with E-state index in [0.29, 0.717) is 24.4 Å². The Balaban J connectivity index is 1.70. The molecule has 6 nitrogen and oxygen atoms in total. The first-order valence-corrected chi connectivity index (χ1v) is 14.9. The summed E-state index contributed by atoms with van der Waals surface area (Å²) in [6.07, 6.45) is 15.3. The first-order valence-electron chi connectivity index (χ1n) is 14.9. The zero-order chi connectivity index (χ0) is 27.6. The predicted molar refractivity (Wildman–Crippen MR) is 145 cm³/mol. The molecule has 0 radical (unpaired) electrons. The Morgan fingerprint density at radius 1 is 0.595 bits per heavy atom. The minimum absolute atomic E-state index is 0.124. The van der Waals surface area contributed by atoms with Crippen LogP contribution in [0.15, 0.2) is 0 Å². The molecule has 212 valence electrons. The highest BCUT2D eigenvalue weighted by atomic mass is 16.4. The van der Waals surface area contributed by atoms with Crippen LogP contribution in [0.5, 0.6) is 0 Å². The van der Waals surface area contributed by atoms with Crippen molar-refractivity contribution in [2.75, 3.05) is 0 Å². The van der Waals surface area contributed by atoms with E-state index >= 15 is 0 Å². The molecule has 0 aromatic heterocycles. The summed E-state index contributed by atoms with van der Waals surface area (Å²) in [7, 11) is 0. The third-order valence-electron chi connectivity index (χ3n) is 9.29. The van der Waals surface area contributed by atoms with Gasteiger partial charge in [-0.05, 0) is 91.9 Å². The SMILES string of the molecule is CC(C)(CCCCC1CCCC(CCCC2CCCC(CCCCC(C)(C)C(=O)O)C2=O)C1=O)C(=O)O. The lowest BCUT2D eigenvalue weighted by molar-refractivity contribution is -0.148. The van der Waals surface area contributed by atoms with Crippen molar-refractivity contribution in [3.63, 3.8) is 0 Å². The summed E-state index contributed by atoms with van der Waals surface area (Å²) >= 11 is 0. The molecule has 0 aromatic rings. The molecular weight excluding hydrogens is 468 g/mol. The van der Waals surface area contributed by atoms with Gasteiger partial charge in [0, 0.05) is 23.7 Å². The third-order valence-corrected chi connectivity index (χ3v) is 9.29. The van der Waals surface area contributed by atoms with Crippen LogP contribution in [0, 0.1) is 34.5 Å². The molecule has 2 aliphatic carbocycles. The summed E-state index contributed by atoms with van der Waals surface area (Å²) in [6.45, 7) is 7.05. The Labute approximate surface area is 224 Å². The molecule has 37 heavy (non-hydrogen) atoms. The van der Waals surface area contributed by atoms with Crippen molar-refractivity contribution in [3.05, 3.63) is 0 Å². The number of hydrogen-bond donors (Lipinski definition) is 2. The Morgan fingerprint density at radius 2 is 0.892 bits per heavy atom. The number of Topliss-reactive ketones (excluding diaryl/α,β-unsaturated/α-hetero) is 2. The molecule has 2 rings (SSSR count). The maximum atomic E-state index is 13.1. The van der Waals surface area contributed by atoms with Crippen LogP contribution in [0.1, 0.15) is 137 Å². The van der Waals surface area contributed by atoms with Gasteiger partial charge in [-0.1, -0.05) is 44.9 Å². The largest absolute Gasteiger partial charge is 0.481 e. The molecule has 0 aliphatic heterocycles. The molecular formula is C31H52O6. The van der Waals surface area contributed by atoms with E-state index in [1.54, 1.807) is 27.7 Å². The van der Waals surface area contributed by atoms with Crippen molar-refractivity contribution >= 4 is 23.5 Å². The maximum Gasteiger partial charge on any atom is 0.309 e. The molecule has 0 bridgehead atoms. The van der Waals surface area contributed by atoms with Crippen LogP contribution >= 0.6 is 0 Å². The highest BCUT2D eigenvalue weighted by Crippen LogP contribution is 2.36. The normalized spacial score (nSPS) is 25.3. The number of rotatable bonds is 16. The topological polar surface area (TPSA) is 109 Å². The standard InChI is InChI=1S/C31H52O6/c1-30(2,28(34)35)20-7-5-12-22-14-9-16-24(26(22)32)18-11-19-25-17-10-15-23(27(25)33)13-6-8-21-31(3,4)29(36)37/h22-25H,5-21H2,1-4H3,(H,34,35)(H,36,37). The molecule has 6 heteroatoms. The van der Waals surface area contributed by atoms with Crippen LogP contribution in [0.2, 0.25) is 0 Å². The van der Waals surface area contributed by atoms with E-state index in [0.717, 1.165) is 96.3 Å². The summed E-state index contributed by atoms with van der Waals surface area (Å²) in [5.74, 6) is -0.214. The van der Waals surface area contributed by atoms with Crippen LogP contribution in [-0.4, -0.2) is 33.7 Å². The second-order valence-corrected chi connectivity index (χ2v) is 13.3. The molecule has 2 aliphatic rings. The Bertz CT molecular complexity index is 719. The van der Waals surface area contributed by atoms with Gasteiger partial charge in [0.1, 0.15) is 11.6 Å². The van der Waals surface area contributed by atoms with E-state index in [4.69, 9.17) is 0 Å². The average Bonchev–Trinajstić information content (AvgIpc) is 2.83. The maximum absolute atomic E-state index is 13.1. The molecule has 4 unspecified atom stereocenters. The van der Waals surface area contributed by atoms with Gasteiger partial charge in [-0.2, -0.15) is 0 Å². The molecule has 2 fully saturated rings. The second-order valence-electron chi connectivity index (χ2n) is 13.3. The Kier molecular flexibility index (Phi) is 12.3. The zero-order valence-electron chi connectivity index (χ0n) is 23.9. The number of ketones is 2. The number of carboxylic acids is 2. The van der Waals surface area contributed by atoms with Crippen molar-refractivity contribution in [2.24, 2.45) is 34.5 Å². The Morgan fingerprint density at radius 3 is 1.19 bits per heavy atom. The van der Waals surface area contributed by atoms with Crippen LogP contribution in [0.4, 0.5) is 0 Å². The minimum atomic E-state index is -0.760. The lowest BCUT2D eigenvalue weighted by atomic mass is 9.73. The van der Waals surface area contributed by atoms with E-state index in [1.165, 1.54) is 0 Å². The first-order chi connectivity index (χ1) is 17.3. The number of carbonyl (C=O) groups is 4. The van der Waals surface area contributed by atoms with Crippen molar-refractivity contribution in [2.45, 2.75) is 137 Å².